The summed E-state index contributed by atoms with van der Waals surface area (Å²) < 4.78 is 25.7. The number of aliphatic hydroxyl groups is 1. The monoisotopic (exact) mass is 241 g/mol. The van der Waals surface area contributed by atoms with Gasteiger partial charge in [-0.1, -0.05) is 12.1 Å². The van der Waals surface area contributed by atoms with Crippen LogP contribution in [0.5, 0.6) is 0 Å². The van der Waals surface area contributed by atoms with E-state index in [0.29, 0.717) is 26.1 Å². The lowest BCUT2D eigenvalue weighted by Gasteiger charge is -2.19. The number of hydrogen-bond donors (Lipinski definition) is 1. The topological polar surface area (TPSA) is 23.5 Å². The molecular formula is C13H17F2NO. The summed E-state index contributed by atoms with van der Waals surface area (Å²) in [5.74, 6) is -1.65. The molecule has 0 aliphatic carbocycles. The van der Waals surface area contributed by atoms with E-state index in [9.17, 15) is 8.78 Å². The molecule has 1 rings (SSSR count). The molecule has 0 fully saturated rings. The average Bonchev–Trinajstić information content (AvgIpc) is 2.31. The van der Waals surface area contributed by atoms with Crippen molar-refractivity contribution in [3.05, 3.63) is 48.1 Å². The zero-order valence-electron chi connectivity index (χ0n) is 9.70. The number of aliphatic hydroxyl groups excluding tert-OH is 1. The molecule has 94 valence electrons. The van der Waals surface area contributed by atoms with E-state index in [0.717, 1.165) is 11.6 Å². The lowest BCUT2D eigenvalue weighted by molar-refractivity contribution is 0.210. The van der Waals surface area contributed by atoms with Crippen molar-refractivity contribution >= 4 is 0 Å². The highest BCUT2D eigenvalue weighted by Crippen LogP contribution is 2.09. The molecule has 2 nitrogen and oxygen atoms in total. The maximum absolute atomic E-state index is 13.0. The van der Waals surface area contributed by atoms with Crippen LogP contribution in [0, 0.1) is 11.6 Å². The molecule has 0 unspecified atom stereocenters. The summed E-state index contributed by atoms with van der Waals surface area (Å²) in [6.45, 7) is 5.61. The van der Waals surface area contributed by atoms with E-state index in [1.807, 2.05) is 4.90 Å². The summed E-state index contributed by atoms with van der Waals surface area (Å²) in [5.41, 5.74) is 0.746. The molecule has 0 spiro atoms. The van der Waals surface area contributed by atoms with Crippen molar-refractivity contribution in [2.45, 2.75) is 6.42 Å². The Morgan fingerprint density at radius 2 is 2.00 bits per heavy atom. The highest BCUT2D eigenvalue weighted by Gasteiger charge is 2.05. The van der Waals surface area contributed by atoms with Gasteiger partial charge in [0.05, 0.1) is 6.61 Å². The van der Waals surface area contributed by atoms with Gasteiger partial charge in [-0.05, 0) is 24.1 Å². The van der Waals surface area contributed by atoms with Crippen LogP contribution in [0.1, 0.15) is 5.56 Å². The number of nitrogens with zero attached hydrogens (tertiary/aromatic N) is 1. The van der Waals surface area contributed by atoms with Gasteiger partial charge in [-0.25, -0.2) is 8.78 Å². The summed E-state index contributed by atoms with van der Waals surface area (Å²) >= 11 is 0. The molecule has 17 heavy (non-hydrogen) atoms. The molecule has 1 N–H and O–H groups in total. The van der Waals surface area contributed by atoms with Gasteiger partial charge < -0.3 is 5.11 Å². The largest absolute Gasteiger partial charge is 0.395 e. The molecule has 1 aromatic carbocycles. The number of halogens is 2. The van der Waals surface area contributed by atoms with Gasteiger partial charge in [0.25, 0.3) is 0 Å². The Bertz CT molecular complexity index is 368. The summed E-state index contributed by atoms with van der Waals surface area (Å²) in [5, 5.41) is 8.86. The van der Waals surface area contributed by atoms with Crippen molar-refractivity contribution in [3.63, 3.8) is 0 Å². The molecule has 0 aromatic heterocycles. The number of benzene rings is 1. The Balaban J connectivity index is 2.52. The Hall–Kier alpha value is -1.26. The molecule has 0 heterocycles. The standard InChI is InChI=1S/C13H17F2NO/c1-2-6-16(8-9-17)7-5-11-3-4-12(14)13(15)10-11/h2-4,10,17H,1,5-9H2. The highest BCUT2D eigenvalue weighted by molar-refractivity contribution is 5.18. The van der Waals surface area contributed by atoms with Crippen LogP contribution >= 0.6 is 0 Å². The molecule has 0 saturated heterocycles. The molecule has 1 aromatic rings. The van der Waals surface area contributed by atoms with Crippen molar-refractivity contribution in [3.8, 4) is 0 Å². The van der Waals surface area contributed by atoms with Gasteiger partial charge in [-0.2, -0.15) is 0 Å². The third-order valence-corrected chi connectivity index (χ3v) is 2.50. The van der Waals surface area contributed by atoms with E-state index in [2.05, 4.69) is 6.58 Å². The van der Waals surface area contributed by atoms with Crippen molar-refractivity contribution in [2.75, 3.05) is 26.2 Å². The van der Waals surface area contributed by atoms with Crippen molar-refractivity contribution < 1.29 is 13.9 Å². The Morgan fingerprint density at radius 1 is 1.24 bits per heavy atom. The fraction of sp³-hybridized carbons (Fsp3) is 0.385. The van der Waals surface area contributed by atoms with Crippen LogP contribution in [0.15, 0.2) is 30.9 Å². The molecule has 0 amide bonds. The summed E-state index contributed by atoms with van der Waals surface area (Å²) in [6.07, 6.45) is 2.37. The maximum Gasteiger partial charge on any atom is 0.159 e. The molecule has 0 radical (unpaired) electrons. The SMILES string of the molecule is C=CCN(CCO)CCc1ccc(F)c(F)c1. The Labute approximate surface area is 100 Å². The highest BCUT2D eigenvalue weighted by atomic mass is 19.2. The van der Waals surface area contributed by atoms with Crippen molar-refractivity contribution in [1.29, 1.82) is 0 Å². The molecule has 0 saturated carbocycles. The van der Waals surface area contributed by atoms with Gasteiger partial charge >= 0.3 is 0 Å². The van der Waals surface area contributed by atoms with Crippen LogP contribution in [0.25, 0.3) is 0 Å². The van der Waals surface area contributed by atoms with Gasteiger partial charge in [0, 0.05) is 19.6 Å². The van der Waals surface area contributed by atoms with Crippen molar-refractivity contribution in [1.82, 2.24) is 4.90 Å². The summed E-state index contributed by atoms with van der Waals surface area (Å²) in [4.78, 5) is 1.99. The Morgan fingerprint density at radius 3 is 2.59 bits per heavy atom. The molecule has 4 heteroatoms. The zero-order valence-corrected chi connectivity index (χ0v) is 9.70. The number of rotatable bonds is 7. The van der Waals surface area contributed by atoms with Gasteiger partial charge in [-0.3, -0.25) is 4.90 Å². The molecule has 0 aliphatic rings. The third-order valence-electron chi connectivity index (χ3n) is 2.50. The maximum atomic E-state index is 13.0. The van der Waals surface area contributed by atoms with E-state index < -0.39 is 11.6 Å². The molecular weight excluding hydrogens is 224 g/mol. The quantitative estimate of drug-likeness (QED) is 0.738. The van der Waals surface area contributed by atoms with Crippen LogP contribution in [-0.2, 0) is 6.42 Å². The summed E-state index contributed by atoms with van der Waals surface area (Å²) in [7, 11) is 0. The minimum atomic E-state index is -0.827. The minimum absolute atomic E-state index is 0.0750. The zero-order chi connectivity index (χ0) is 12.7. The second-order valence-electron chi connectivity index (χ2n) is 3.81. The van der Waals surface area contributed by atoms with Crippen LogP contribution in [0.2, 0.25) is 0 Å². The molecule has 0 bridgehead atoms. The smallest absolute Gasteiger partial charge is 0.159 e. The second-order valence-corrected chi connectivity index (χ2v) is 3.81. The van der Waals surface area contributed by atoms with Crippen molar-refractivity contribution in [2.24, 2.45) is 0 Å². The fourth-order valence-electron chi connectivity index (χ4n) is 1.60. The van der Waals surface area contributed by atoms with E-state index in [1.54, 1.807) is 12.1 Å². The van der Waals surface area contributed by atoms with Gasteiger partial charge in [-0.15, -0.1) is 6.58 Å². The van der Waals surface area contributed by atoms with E-state index >= 15 is 0 Å². The summed E-state index contributed by atoms with van der Waals surface area (Å²) in [6, 6.07) is 3.92. The van der Waals surface area contributed by atoms with Crippen LogP contribution < -0.4 is 0 Å². The third kappa shape index (κ3) is 4.63. The van der Waals surface area contributed by atoms with Crippen LogP contribution in [0.4, 0.5) is 8.78 Å². The van der Waals surface area contributed by atoms with Crippen LogP contribution in [-0.4, -0.2) is 36.2 Å². The lowest BCUT2D eigenvalue weighted by Crippen LogP contribution is -2.29. The second kappa shape index (κ2) is 7.14. The van der Waals surface area contributed by atoms with Gasteiger partial charge in [0.1, 0.15) is 0 Å². The van der Waals surface area contributed by atoms with E-state index in [-0.39, 0.29) is 6.61 Å². The normalized spacial score (nSPS) is 10.8. The fourth-order valence-corrected chi connectivity index (χ4v) is 1.60. The minimum Gasteiger partial charge on any atom is -0.395 e. The first-order valence-electron chi connectivity index (χ1n) is 5.55. The first kappa shape index (κ1) is 13.8. The predicted molar refractivity (Wildman–Crippen MR) is 63.8 cm³/mol. The average molecular weight is 241 g/mol. The van der Waals surface area contributed by atoms with E-state index in [4.69, 9.17) is 5.11 Å². The number of hydrogen-bond acceptors (Lipinski definition) is 2. The Kier molecular flexibility index (Phi) is 5.80. The lowest BCUT2D eigenvalue weighted by atomic mass is 10.1. The van der Waals surface area contributed by atoms with Gasteiger partial charge in [0.2, 0.25) is 0 Å². The van der Waals surface area contributed by atoms with Gasteiger partial charge in [0.15, 0.2) is 11.6 Å². The molecule has 0 aliphatic heterocycles. The van der Waals surface area contributed by atoms with E-state index in [1.165, 1.54) is 6.07 Å². The van der Waals surface area contributed by atoms with Crippen LogP contribution in [0.3, 0.4) is 0 Å². The first-order valence-corrected chi connectivity index (χ1v) is 5.55. The first-order chi connectivity index (χ1) is 8.17. The predicted octanol–water partition coefficient (Wildman–Crippen LogP) is 1.99. The molecule has 0 atom stereocenters.